The van der Waals surface area contributed by atoms with Crippen LogP contribution >= 0.6 is 0 Å². The monoisotopic (exact) mass is 254 g/mol. The van der Waals surface area contributed by atoms with Crippen molar-refractivity contribution >= 4 is 5.84 Å². The lowest BCUT2D eigenvalue weighted by molar-refractivity contribution is -0.0125. The Balaban J connectivity index is 2.55. The summed E-state index contributed by atoms with van der Waals surface area (Å²) in [7, 11) is 0. The van der Waals surface area contributed by atoms with Gasteiger partial charge in [0.2, 0.25) is 0 Å². The van der Waals surface area contributed by atoms with Crippen LogP contribution in [0.5, 0.6) is 0 Å². The van der Waals surface area contributed by atoms with Crippen LogP contribution in [0.3, 0.4) is 0 Å². The van der Waals surface area contributed by atoms with Gasteiger partial charge in [0, 0.05) is 17.7 Å². The molecule has 0 aliphatic heterocycles. The second-order valence-corrected chi connectivity index (χ2v) is 4.00. The number of hydrogen-bond acceptors (Lipinski definition) is 3. The standard InChI is InChI=1S/C13H19FN2O2/c1-3-17-7-9(2)18-8-11-5-4-10(13(15)16)6-12(11)14/h4-6,9H,3,7-8H2,1-2H3,(H3,15,16). The third-order valence-corrected chi connectivity index (χ3v) is 2.44. The van der Waals surface area contributed by atoms with Crippen molar-refractivity contribution in [2.24, 2.45) is 5.73 Å². The number of ether oxygens (including phenoxy) is 2. The van der Waals surface area contributed by atoms with E-state index in [1.807, 2.05) is 13.8 Å². The maximum atomic E-state index is 13.6. The lowest BCUT2D eigenvalue weighted by atomic mass is 10.1. The average molecular weight is 254 g/mol. The Bertz CT molecular complexity index is 410. The van der Waals surface area contributed by atoms with E-state index < -0.39 is 5.82 Å². The molecule has 0 saturated heterocycles. The third-order valence-electron chi connectivity index (χ3n) is 2.44. The Morgan fingerprint density at radius 2 is 2.22 bits per heavy atom. The summed E-state index contributed by atoms with van der Waals surface area (Å²) in [5.74, 6) is -0.558. The first kappa shape index (κ1) is 14.6. The van der Waals surface area contributed by atoms with Crippen LogP contribution in [0.15, 0.2) is 18.2 Å². The van der Waals surface area contributed by atoms with Crippen molar-refractivity contribution in [2.75, 3.05) is 13.2 Å². The molecule has 0 aliphatic rings. The predicted octanol–water partition coefficient (Wildman–Crippen LogP) is 2.05. The first-order valence-electron chi connectivity index (χ1n) is 5.86. The summed E-state index contributed by atoms with van der Waals surface area (Å²) in [6.45, 7) is 5.08. The van der Waals surface area contributed by atoms with Crippen LogP contribution in [0.25, 0.3) is 0 Å². The Labute approximate surface area is 106 Å². The number of amidine groups is 1. The van der Waals surface area contributed by atoms with Crippen molar-refractivity contribution in [2.45, 2.75) is 26.6 Å². The number of benzene rings is 1. The molecule has 0 amide bonds. The minimum absolute atomic E-state index is 0.0863. The van der Waals surface area contributed by atoms with Gasteiger partial charge in [-0.05, 0) is 19.9 Å². The SMILES string of the molecule is CCOCC(C)OCc1ccc(C(=N)N)cc1F. The Morgan fingerprint density at radius 1 is 1.50 bits per heavy atom. The highest BCUT2D eigenvalue weighted by Crippen LogP contribution is 2.12. The van der Waals surface area contributed by atoms with Crippen LogP contribution in [-0.2, 0) is 16.1 Å². The Hall–Kier alpha value is -1.46. The number of nitrogen functional groups attached to an aromatic ring is 1. The van der Waals surface area contributed by atoms with Crippen molar-refractivity contribution in [3.05, 3.63) is 35.1 Å². The Morgan fingerprint density at radius 3 is 2.78 bits per heavy atom. The molecule has 0 radical (unpaired) electrons. The Kier molecular flexibility index (Phi) is 5.74. The first-order valence-corrected chi connectivity index (χ1v) is 5.86. The molecule has 1 aromatic carbocycles. The maximum absolute atomic E-state index is 13.6. The fourth-order valence-electron chi connectivity index (χ4n) is 1.40. The van der Waals surface area contributed by atoms with Gasteiger partial charge < -0.3 is 15.2 Å². The second kappa shape index (κ2) is 7.08. The number of nitrogens with one attached hydrogen (secondary N) is 1. The number of nitrogens with two attached hydrogens (primary N) is 1. The first-order chi connectivity index (χ1) is 8.54. The van der Waals surface area contributed by atoms with E-state index in [2.05, 4.69) is 0 Å². The van der Waals surface area contributed by atoms with Gasteiger partial charge in [0.1, 0.15) is 11.7 Å². The molecule has 0 aliphatic carbocycles. The highest BCUT2D eigenvalue weighted by molar-refractivity contribution is 5.94. The van der Waals surface area contributed by atoms with Gasteiger partial charge in [0.05, 0.1) is 19.3 Å². The van der Waals surface area contributed by atoms with E-state index in [-0.39, 0.29) is 18.5 Å². The molecule has 1 unspecified atom stereocenters. The molecule has 0 fully saturated rings. The normalized spacial score (nSPS) is 12.4. The zero-order valence-corrected chi connectivity index (χ0v) is 10.7. The summed E-state index contributed by atoms with van der Waals surface area (Å²) >= 11 is 0. The van der Waals surface area contributed by atoms with Crippen LogP contribution in [0.1, 0.15) is 25.0 Å². The minimum atomic E-state index is -0.411. The second-order valence-electron chi connectivity index (χ2n) is 4.00. The summed E-state index contributed by atoms with van der Waals surface area (Å²) in [5, 5.41) is 7.21. The molecule has 0 heterocycles. The van der Waals surface area contributed by atoms with E-state index in [4.69, 9.17) is 20.6 Å². The summed E-state index contributed by atoms with van der Waals surface area (Å²) < 4.78 is 24.3. The van der Waals surface area contributed by atoms with Crippen LogP contribution in [0, 0.1) is 11.2 Å². The highest BCUT2D eigenvalue weighted by Gasteiger charge is 2.08. The van der Waals surface area contributed by atoms with Crippen molar-refractivity contribution in [3.63, 3.8) is 0 Å². The number of rotatable bonds is 7. The lowest BCUT2D eigenvalue weighted by Gasteiger charge is -2.13. The third kappa shape index (κ3) is 4.43. The van der Waals surface area contributed by atoms with Gasteiger partial charge in [-0.25, -0.2) is 4.39 Å². The molecule has 18 heavy (non-hydrogen) atoms. The van der Waals surface area contributed by atoms with Crippen molar-refractivity contribution in [3.8, 4) is 0 Å². The molecular weight excluding hydrogens is 235 g/mol. The van der Waals surface area contributed by atoms with Gasteiger partial charge in [0.25, 0.3) is 0 Å². The van der Waals surface area contributed by atoms with Crippen molar-refractivity contribution in [1.29, 1.82) is 5.41 Å². The van der Waals surface area contributed by atoms with E-state index in [9.17, 15) is 4.39 Å². The van der Waals surface area contributed by atoms with Gasteiger partial charge >= 0.3 is 0 Å². The van der Waals surface area contributed by atoms with E-state index >= 15 is 0 Å². The maximum Gasteiger partial charge on any atom is 0.129 e. The summed E-state index contributed by atoms with van der Waals surface area (Å²) in [6.07, 6.45) is -0.0863. The summed E-state index contributed by atoms with van der Waals surface area (Å²) in [5.41, 5.74) is 6.10. The lowest BCUT2D eigenvalue weighted by Crippen LogP contribution is -2.16. The van der Waals surface area contributed by atoms with Gasteiger partial charge in [0.15, 0.2) is 0 Å². The van der Waals surface area contributed by atoms with Crippen molar-refractivity contribution < 1.29 is 13.9 Å². The molecule has 0 bridgehead atoms. The number of hydrogen-bond donors (Lipinski definition) is 2. The van der Waals surface area contributed by atoms with Crippen LogP contribution < -0.4 is 5.73 Å². The van der Waals surface area contributed by atoms with E-state index in [0.717, 1.165) is 0 Å². The summed E-state index contributed by atoms with van der Waals surface area (Å²) in [4.78, 5) is 0. The van der Waals surface area contributed by atoms with Crippen LogP contribution in [-0.4, -0.2) is 25.2 Å². The topological polar surface area (TPSA) is 68.3 Å². The van der Waals surface area contributed by atoms with Gasteiger partial charge in [-0.2, -0.15) is 0 Å². The molecule has 0 aromatic heterocycles. The number of halogens is 1. The zero-order chi connectivity index (χ0) is 13.5. The fraction of sp³-hybridized carbons (Fsp3) is 0.462. The van der Waals surface area contributed by atoms with Gasteiger partial charge in [-0.15, -0.1) is 0 Å². The summed E-state index contributed by atoms with van der Waals surface area (Å²) in [6, 6.07) is 4.44. The highest BCUT2D eigenvalue weighted by atomic mass is 19.1. The smallest absolute Gasteiger partial charge is 0.129 e. The van der Waals surface area contributed by atoms with Crippen LogP contribution in [0.2, 0.25) is 0 Å². The quantitative estimate of drug-likeness (QED) is 0.578. The molecule has 4 nitrogen and oxygen atoms in total. The molecule has 0 saturated carbocycles. The average Bonchev–Trinajstić information content (AvgIpc) is 2.34. The molecule has 1 rings (SSSR count). The molecule has 3 N–H and O–H groups in total. The molecule has 5 heteroatoms. The van der Waals surface area contributed by atoms with Crippen LogP contribution in [0.4, 0.5) is 4.39 Å². The fourth-order valence-corrected chi connectivity index (χ4v) is 1.40. The molecular formula is C13H19FN2O2. The zero-order valence-electron chi connectivity index (χ0n) is 10.7. The predicted molar refractivity (Wildman–Crippen MR) is 68.2 cm³/mol. The molecule has 1 atom stereocenters. The molecule has 1 aromatic rings. The minimum Gasteiger partial charge on any atom is -0.384 e. The van der Waals surface area contributed by atoms with E-state index in [1.165, 1.54) is 6.07 Å². The molecule has 0 spiro atoms. The van der Waals surface area contributed by atoms with Crippen molar-refractivity contribution in [1.82, 2.24) is 0 Å². The van der Waals surface area contributed by atoms with E-state index in [1.54, 1.807) is 12.1 Å². The molecule has 100 valence electrons. The van der Waals surface area contributed by atoms with Gasteiger partial charge in [-0.1, -0.05) is 12.1 Å². The van der Waals surface area contributed by atoms with Gasteiger partial charge in [-0.3, -0.25) is 5.41 Å². The van der Waals surface area contributed by atoms with E-state index in [0.29, 0.717) is 24.3 Å². The largest absolute Gasteiger partial charge is 0.384 e.